The molecule has 2 aromatic carbocycles. The minimum atomic E-state index is -3.94. The predicted octanol–water partition coefficient (Wildman–Crippen LogP) is 6.84. The van der Waals surface area contributed by atoms with Crippen LogP contribution in [0.15, 0.2) is 48.5 Å². The normalized spacial score (nSPS) is 21.7. The molecule has 1 heterocycles. The van der Waals surface area contributed by atoms with Gasteiger partial charge in [-0.1, -0.05) is 59.6 Å². The van der Waals surface area contributed by atoms with Crippen LogP contribution in [-0.2, 0) is 23.6 Å². The van der Waals surface area contributed by atoms with Crippen LogP contribution in [0.1, 0.15) is 44.9 Å². The number of halogens is 2. The number of hydrogen-bond acceptors (Lipinski definition) is 5. The number of ether oxygens (including phenoxy) is 1. The maximum Gasteiger partial charge on any atom is 0.365 e. The summed E-state index contributed by atoms with van der Waals surface area (Å²) < 4.78 is 32.6. The molecule has 0 spiro atoms. The summed E-state index contributed by atoms with van der Waals surface area (Å²) in [5.74, 6) is 0. The smallest absolute Gasteiger partial charge is 0.365 e. The zero-order valence-corrected chi connectivity index (χ0v) is 20.3. The largest absolute Gasteiger partial charge is 0.459 e. The van der Waals surface area contributed by atoms with Crippen LogP contribution >= 0.6 is 43.0 Å². The number of rotatable bonds is 7. The molecule has 9 heteroatoms. The molecule has 0 bridgehead atoms. The van der Waals surface area contributed by atoms with E-state index in [0.29, 0.717) is 21.2 Å². The Balaban J connectivity index is 2.32. The Bertz CT molecular complexity index is 959. The summed E-state index contributed by atoms with van der Waals surface area (Å²) in [5, 5.41) is 2.60. The average molecular weight is 488 g/mol. The van der Waals surface area contributed by atoms with Crippen molar-refractivity contribution in [3.63, 3.8) is 0 Å². The van der Waals surface area contributed by atoms with E-state index in [-0.39, 0.29) is 17.4 Å². The molecule has 1 aliphatic rings. The van der Waals surface area contributed by atoms with E-state index in [1.165, 1.54) is 0 Å². The molecule has 1 aliphatic heterocycles. The van der Waals surface area contributed by atoms with Gasteiger partial charge in [0, 0.05) is 15.6 Å². The summed E-state index contributed by atoms with van der Waals surface area (Å²) in [6.45, 7) is 7.20. The molecule has 1 saturated heterocycles. The quantitative estimate of drug-likeness (QED) is 0.340. The average Bonchev–Trinajstić information content (AvgIpc) is 3.00. The first kappa shape index (κ1) is 23.5. The Morgan fingerprint density at radius 1 is 1.07 bits per heavy atom. The predicted molar refractivity (Wildman–Crippen MR) is 124 cm³/mol. The van der Waals surface area contributed by atoms with Gasteiger partial charge in [0.15, 0.2) is 6.10 Å². The van der Waals surface area contributed by atoms with E-state index in [1.54, 1.807) is 45.9 Å². The summed E-state index contributed by atoms with van der Waals surface area (Å²) >= 11 is 18.0. The second kappa shape index (κ2) is 9.15. The standard InChI is InChI=1S/C21H24Cl2NO4PS/c1-13(2)27-29(25,28-14(3)4)21(15-8-6-5-7-9-15)19(26-20(30)24-21)17-11-10-16(22)12-18(17)23/h5-14,19H,1-4H3,(H,24,30)/t19-,21-/m1/s1. The molecule has 0 aromatic heterocycles. The Hall–Kier alpha value is -1.14. The second-order valence-corrected chi connectivity index (χ2v) is 10.9. The van der Waals surface area contributed by atoms with Gasteiger partial charge in [-0.2, -0.15) is 0 Å². The molecule has 0 aliphatic carbocycles. The lowest BCUT2D eigenvalue weighted by atomic mass is 9.95. The molecular weight excluding hydrogens is 464 g/mol. The molecule has 0 radical (unpaired) electrons. The van der Waals surface area contributed by atoms with Crippen LogP contribution < -0.4 is 5.32 Å². The van der Waals surface area contributed by atoms with Gasteiger partial charge in [0.1, 0.15) is 0 Å². The van der Waals surface area contributed by atoms with E-state index in [1.807, 2.05) is 30.3 Å². The third-order valence-electron chi connectivity index (χ3n) is 4.49. The third kappa shape index (κ3) is 4.40. The highest BCUT2D eigenvalue weighted by Crippen LogP contribution is 2.71. The Labute approximate surface area is 192 Å². The van der Waals surface area contributed by atoms with Crippen LogP contribution in [-0.4, -0.2) is 17.4 Å². The van der Waals surface area contributed by atoms with Crippen LogP contribution in [0.2, 0.25) is 10.0 Å². The zero-order chi connectivity index (χ0) is 22.1. The summed E-state index contributed by atoms with van der Waals surface area (Å²) in [4.78, 5) is 0. The molecule has 1 N–H and O–H groups in total. The monoisotopic (exact) mass is 487 g/mol. The third-order valence-corrected chi connectivity index (χ3v) is 8.11. The molecule has 3 rings (SSSR count). The fourth-order valence-corrected chi connectivity index (χ4v) is 6.99. The Morgan fingerprint density at radius 2 is 1.67 bits per heavy atom. The van der Waals surface area contributed by atoms with Crippen molar-refractivity contribution in [3.05, 3.63) is 69.7 Å². The minimum Gasteiger partial charge on any atom is -0.459 e. The second-order valence-electron chi connectivity index (χ2n) is 7.51. The highest BCUT2D eigenvalue weighted by Gasteiger charge is 2.64. The van der Waals surface area contributed by atoms with E-state index in [0.717, 1.165) is 0 Å². The van der Waals surface area contributed by atoms with E-state index < -0.39 is 19.0 Å². The summed E-state index contributed by atoms with van der Waals surface area (Å²) in [7, 11) is -3.94. The van der Waals surface area contributed by atoms with Crippen molar-refractivity contribution in [2.24, 2.45) is 0 Å². The fourth-order valence-electron chi connectivity index (χ4n) is 3.48. The molecule has 2 atom stereocenters. The van der Waals surface area contributed by atoms with Crippen LogP contribution in [0.4, 0.5) is 0 Å². The van der Waals surface area contributed by atoms with Crippen molar-refractivity contribution in [3.8, 4) is 0 Å². The van der Waals surface area contributed by atoms with E-state index in [9.17, 15) is 4.57 Å². The molecule has 0 saturated carbocycles. The zero-order valence-electron chi connectivity index (χ0n) is 17.1. The van der Waals surface area contributed by atoms with Crippen molar-refractivity contribution < 1.29 is 18.3 Å². The highest BCUT2D eigenvalue weighted by molar-refractivity contribution is 7.80. The van der Waals surface area contributed by atoms with Gasteiger partial charge in [0.2, 0.25) is 5.28 Å². The topological polar surface area (TPSA) is 56.8 Å². The van der Waals surface area contributed by atoms with Crippen LogP contribution in [0.3, 0.4) is 0 Å². The first-order valence-corrected chi connectivity index (χ1v) is 12.3. The minimum absolute atomic E-state index is 0.0785. The Kier molecular flexibility index (Phi) is 7.18. The van der Waals surface area contributed by atoms with Gasteiger partial charge in [-0.15, -0.1) is 0 Å². The first-order chi connectivity index (χ1) is 14.1. The first-order valence-electron chi connectivity index (χ1n) is 9.55. The van der Waals surface area contributed by atoms with Gasteiger partial charge in [-0.05, 0) is 57.6 Å². The van der Waals surface area contributed by atoms with Gasteiger partial charge in [0.25, 0.3) is 5.17 Å². The van der Waals surface area contributed by atoms with E-state index in [2.05, 4.69) is 5.32 Å². The molecule has 5 nitrogen and oxygen atoms in total. The van der Waals surface area contributed by atoms with Gasteiger partial charge >= 0.3 is 7.60 Å². The van der Waals surface area contributed by atoms with Crippen molar-refractivity contribution in [1.29, 1.82) is 0 Å². The Morgan fingerprint density at radius 3 is 2.20 bits per heavy atom. The van der Waals surface area contributed by atoms with Gasteiger partial charge in [0.05, 0.1) is 12.2 Å². The lowest BCUT2D eigenvalue weighted by molar-refractivity contribution is 0.0971. The fraction of sp³-hybridized carbons (Fsp3) is 0.381. The number of benzene rings is 2. The van der Waals surface area contributed by atoms with Crippen molar-refractivity contribution in [2.45, 2.75) is 51.3 Å². The van der Waals surface area contributed by atoms with Crippen molar-refractivity contribution >= 4 is 48.2 Å². The maximum atomic E-state index is 14.6. The molecule has 162 valence electrons. The molecular formula is C21H24Cl2NO4PS. The molecule has 0 unspecified atom stereocenters. The molecule has 1 fully saturated rings. The van der Waals surface area contributed by atoms with Crippen LogP contribution in [0.25, 0.3) is 0 Å². The summed E-state index contributed by atoms with van der Waals surface area (Å²) in [5.41, 5.74) is 1.21. The van der Waals surface area contributed by atoms with Crippen molar-refractivity contribution in [2.75, 3.05) is 0 Å². The maximum absolute atomic E-state index is 14.6. The molecule has 0 amide bonds. The van der Waals surface area contributed by atoms with Gasteiger partial charge in [-0.25, -0.2) is 0 Å². The van der Waals surface area contributed by atoms with Crippen molar-refractivity contribution in [1.82, 2.24) is 5.32 Å². The van der Waals surface area contributed by atoms with Crippen LogP contribution in [0.5, 0.6) is 0 Å². The van der Waals surface area contributed by atoms with Crippen LogP contribution in [0, 0.1) is 0 Å². The number of hydrogen-bond donors (Lipinski definition) is 1. The highest BCUT2D eigenvalue weighted by atomic mass is 35.5. The van der Waals surface area contributed by atoms with E-state index in [4.69, 9.17) is 49.2 Å². The number of thiocarbonyl (C=S) groups is 1. The molecule has 2 aromatic rings. The van der Waals surface area contributed by atoms with Gasteiger partial charge < -0.3 is 19.1 Å². The SMILES string of the molecule is CC(C)OP(=O)(OC(C)C)[C@@]1(c2ccccc2)NC(=S)O[C@@H]1c1ccc(Cl)cc1Cl. The summed E-state index contributed by atoms with van der Waals surface area (Å²) in [6, 6.07) is 14.3. The lowest BCUT2D eigenvalue weighted by Crippen LogP contribution is -2.44. The molecule has 30 heavy (non-hydrogen) atoms. The lowest BCUT2D eigenvalue weighted by Gasteiger charge is -2.40. The van der Waals surface area contributed by atoms with E-state index >= 15 is 0 Å². The summed E-state index contributed by atoms with van der Waals surface area (Å²) in [6.07, 6.45) is -1.64. The number of nitrogens with one attached hydrogen (secondary N) is 1. The van der Waals surface area contributed by atoms with Gasteiger partial charge in [-0.3, -0.25) is 4.57 Å².